The number of anilines is 1. The molecule has 0 spiro atoms. The standard InChI is InChI=1S/C17H28N4O/c1-3-5-6-9-18-17(22)15-7-8-16(19-14-15)21-12-10-20(4-2)11-13-21/h7-8,14H,3-6,9-13H2,1-2H3,(H,18,22). The van der Waals surface area contributed by atoms with Gasteiger partial charge in [0.05, 0.1) is 5.56 Å². The minimum Gasteiger partial charge on any atom is -0.354 e. The molecule has 22 heavy (non-hydrogen) atoms. The molecule has 1 N–H and O–H groups in total. The van der Waals surface area contributed by atoms with Crippen molar-refractivity contribution in [1.29, 1.82) is 0 Å². The molecule has 5 heteroatoms. The average molecular weight is 304 g/mol. The van der Waals surface area contributed by atoms with E-state index < -0.39 is 0 Å². The maximum Gasteiger partial charge on any atom is 0.252 e. The number of piperazine rings is 1. The highest BCUT2D eigenvalue weighted by molar-refractivity contribution is 5.94. The van der Waals surface area contributed by atoms with Gasteiger partial charge in [-0.05, 0) is 25.1 Å². The van der Waals surface area contributed by atoms with E-state index >= 15 is 0 Å². The Balaban J connectivity index is 1.83. The van der Waals surface area contributed by atoms with E-state index in [1.165, 1.54) is 0 Å². The molecule has 0 aliphatic carbocycles. The topological polar surface area (TPSA) is 48.5 Å². The van der Waals surface area contributed by atoms with Gasteiger partial charge in [0, 0.05) is 38.9 Å². The van der Waals surface area contributed by atoms with Crippen LogP contribution in [0, 0.1) is 0 Å². The second kappa shape index (κ2) is 8.73. The number of amides is 1. The summed E-state index contributed by atoms with van der Waals surface area (Å²) in [5, 5.41) is 2.95. The fourth-order valence-electron chi connectivity index (χ4n) is 2.68. The van der Waals surface area contributed by atoms with E-state index in [4.69, 9.17) is 0 Å². The minimum atomic E-state index is -0.0223. The van der Waals surface area contributed by atoms with Crippen molar-refractivity contribution in [2.75, 3.05) is 44.2 Å². The van der Waals surface area contributed by atoms with Crippen molar-refractivity contribution in [2.24, 2.45) is 0 Å². The number of rotatable bonds is 7. The summed E-state index contributed by atoms with van der Waals surface area (Å²) in [6, 6.07) is 3.84. The summed E-state index contributed by atoms with van der Waals surface area (Å²) in [5.74, 6) is 0.948. The lowest BCUT2D eigenvalue weighted by Crippen LogP contribution is -2.46. The number of nitrogens with one attached hydrogen (secondary N) is 1. The third-order valence-electron chi connectivity index (χ3n) is 4.22. The zero-order chi connectivity index (χ0) is 15.8. The lowest BCUT2D eigenvalue weighted by molar-refractivity contribution is 0.0952. The van der Waals surface area contributed by atoms with Gasteiger partial charge < -0.3 is 15.1 Å². The number of carbonyl (C=O) groups excluding carboxylic acids is 1. The molecule has 2 heterocycles. The second-order valence-electron chi connectivity index (χ2n) is 5.79. The summed E-state index contributed by atoms with van der Waals surface area (Å²) >= 11 is 0. The number of hydrogen-bond donors (Lipinski definition) is 1. The van der Waals surface area contributed by atoms with Crippen LogP contribution >= 0.6 is 0 Å². The van der Waals surface area contributed by atoms with Gasteiger partial charge in [-0.1, -0.05) is 26.7 Å². The van der Waals surface area contributed by atoms with Crippen LogP contribution in [-0.2, 0) is 0 Å². The highest BCUT2D eigenvalue weighted by Gasteiger charge is 2.17. The second-order valence-corrected chi connectivity index (χ2v) is 5.79. The summed E-state index contributed by atoms with van der Waals surface area (Å²) in [4.78, 5) is 21.2. The maximum atomic E-state index is 12.0. The van der Waals surface area contributed by atoms with Crippen LogP contribution in [0.15, 0.2) is 18.3 Å². The first-order valence-corrected chi connectivity index (χ1v) is 8.46. The van der Waals surface area contributed by atoms with Crippen LogP contribution < -0.4 is 10.2 Å². The Labute approximate surface area is 133 Å². The normalized spacial score (nSPS) is 15.8. The molecule has 5 nitrogen and oxygen atoms in total. The molecule has 2 rings (SSSR count). The first kappa shape index (κ1) is 16.7. The molecule has 0 unspecified atom stereocenters. The van der Waals surface area contributed by atoms with E-state index in [9.17, 15) is 4.79 Å². The number of aromatic nitrogens is 1. The van der Waals surface area contributed by atoms with Crippen molar-refractivity contribution in [1.82, 2.24) is 15.2 Å². The van der Waals surface area contributed by atoms with Crippen LogP contribution in [0.5, 0.6) is 0 Å². The third kappa shape index (κ3) is 4.70. The molecule has 0 bridgehead atoms. The Hall–Kier alpha value is -1.62. The quantitative estimate of drug-likeness (QED) is 0.784. The van der Waals surface area contributed by atoms with Gasteiger partial charge in [-0.3, -0.25) is 4.79 Å². The number of carbonyl (C=O) groups is 1. The van der Waals surface area contributed by atoms with E-state index in [-0.39, 0.29) is 5.91 Å². The molecule has 1 aliphatic rings. The Morgan fingerprint density at radius 3 is 2.55 bits per heavy atom. The van der Waals surface area contributed by atoms with E-state index in [0.717, 1.165) is 64.3 Å². The highest BCUT2D eigenvalue weighted by Crippen LogP contribution is 2.14. The van der Waals surface area contributed by atoms with E-state index in [2.05, 4.69) is 33.9 Å². The fraction of sp³-hybridized carbons (Fsp3) is 0.647. The van der Waals surface area contributed by atoms with Gasteiger partial charge in [-0.25, -0.2) is 4.98 Å². The number of hydrogen-bond acceptors (Lipinski definition) is 4. The molecule has 1 aromatic rings. The van der Waals surface area contributed by atoms with E-state index in [1.54, 1.807) is 6.20 Å². The fourth-order valence-corrected chi connectivity index (χ4v) is 2.68. The third-order valence-corrected chi connectivity index (χ3v) is 4.22. The Morgan fingerprint density at radius 2 is 1.95 bits per heavy atom. The largest absolute Gasteiger partial charge is 0.354 e. The smallest absolute Gasteiger partial charge is 0.252 e. The summed E-state index contributed by atoms with van der Waals surface area (Å²) in [6.07, 6.45) is 5.05. The van der Waals surface area contributed by atoms with Crippen LogP contribution in [0.4, 0.5) is 5.82 Å². The van der Waals surface area contributed by atoms with Gasteiger partial charge in [-0.2, -0.15) is 0 Å². The van der Waals surface area contributed by atoms with E-state index in [1.807, 2.05) is 12.1 Å². The minimum absolute atomic E-state index is 0.0223. The molecular formula is C17H28N4O. The lowest BCUT2D eigenvalue weighted by Gasteiger charge is -2.34. The molecule has 0 atom stereocenters. The molecule has 1 amide bonds. The Morgan fingerprint density at radius 1 is 1.18 bits per heavy atom. The van der Waals surface area contributed by atoms with Crippen molar-refractivity contribution in [3.63, 3.8) is 0 Å². The predicted molar refractivity (Wildman–Crippen MR) is 90.4 cm³/mol. The molecule has 122 valence electrons. The predicted octanol–water partition coefficient (Wildman–Crippen LogP) is 2.14. The lowest BCUT2D eigenvalue weighted by atomic mass is 10.2. The average Bonchev–Trinajstić information content (AvgIpc) is 2.59. The maximum absolute atomic E-state index is 12.0. The zero-order valence-corrected chi connectivity index (χ0v) is 13.8. The van der Waals surface area contributed by atoms with Crippen molar-refractivity contribution in [3.05, 3.63) is 23.9 Å². The first-order valence-electron chi connectivity index (χ1n) is 8.46. The summed E-state index contributed by atoms with van der Waals surface area (Å²) in [7, 11) is 0. The molecule has 0 saturated carbocycles. The van der Waals surface area contributed by atoms with Crippen LogP contribution in [0.2, 0.25) is 0 Å². The van der Waals surface area contributed by atoms with Crippen molar-refractivity contribution >= 4 is 11.7 Å². The molecule has 1 fully saturated rings. The van der Waals surface area contributed by atoms with Crippen molar-refractivity contribution < 1.29 is 4.79 Å². The van der Waals surface area contributed by atoms with Crippen LogP contribution in [-0.4, -0.2) is 55.1 Å². The Bertz CT molecular complexity index is 452. The molecule has 0 radical (unpaired) electrons. The number of likely N-dealkylation sites (N-methyl/N-ethyl adjacent to an activating group) is 1. The molecule has 1 aliphatic heterocycles. The summed E-state index contributed by atoms with van der Waals surface area (Å²) < 4.78 is 0. The molecule has 0 aromatic carbocycles. The highest BCUT2D eigenvalue weighted by atomic mass is 16.1. The number of unbranched alkanes of at least 4 members (excludes halogenated alkanes) is 2. The van der Waals surface area contributed by atoms with Crippen molar-refractivity contribution in [3.8, 4) is 0 Å². The van der Waals surface area contributed by atoms with Crippen LogP contribution in [0.25, 0.3) is 0 Å². The Kier molecular flexibility index (Phi) is 6.65. The van der Waals surface area contributed by atoms with Gasteiger partial charge in [0.1, 0.15) is 5.82 Å². The zero-order valence-electron chi connectivity index (χ0n) is 13.8. The SMILES string of the molecule is CCCCCNC(=O)c1ccc(N2CCN(CC)CC2)nc1. The van der Waals surface area contributed by atoms with Gasteiger partial charge in [0.25, 0.3) is 5.91 Å². The van der Waals surface area contributed by atoms with Gasteiger partial charge in [0.15, 0.2) is 0 Å². The van der Waals surface area contributed by atoms with Crippen LogP contribution in [0.1, 0.15) is 43.5 Å². The van der Waals surface area contributed by atoms with Gasteiger partial charge in [-0.15, -0.1) is 0 Å². The van der Waals surface area contributed by atoms with Crippen LogP contribution in [0.3, 0.4) is 0 Å². The number of pyridine rings is 1. The monoisotopic (exact) mass is 304 g/mol. The van der Waals surface area contributed by atoms with Gasteiger partial charge >= 0.3 is 0 Å². The molecular weight excluding hydrogens is 276 g/mol. The summed E-state index contributed by atoms with van der Waals surface area (Å²) in [6.45, 7) is 10.4. The molecule has 1 saturated heterocycles. The number of nitrogens with zero attached hydrogens (tertiary/aromatic N) is 3. The first-order chi connectivity index (χ1) is 10.7. The van der Waals surface area contributed by atoms with E-state index in [0.29, 0.717) is 5.56 Å². The van der Waals surface area contributed by atoms with Gasteiger partial charge in [0.2, 0.25) is 0 Å². The molecule has 1 aromatic heterocycles. The van der Waals surface area contributed by atoms with Crippen molar-refractivity contribution in [2.45, 2.75) is 33.1 Å². The summed E-state index contributed by atoms with van der Waals surface area (Å²) in [5.41, 5.74) is 0.646.